The third-order valence-electron chi connectivity index (χ3n) is 3.11. The maximum Gasteiger partial charge on any atom is 0.236 e. The van der Waals surface area contributed by atoms with E-state index in [-0.39, 0.29) is 24.1 Å². The Morgan fingerprint density at radius 3 is 2.59 bits per heavy atom. The average Bonchev–Trinajstić information content (AvgIpc) is 2.78. The van der Waals surface area contributed by atoms with E-state index in [0.29, 0.717) is 5.92 Å². The summed E-state index contributed by atoms with van der Waals surface area (Å²) in [5.41, 5.74) is 0. The summed E-state index contributed by atoms with van der Waals surface area (Å²) in [6, 6.07) is 0.0743. The van der Waals surface area contributed by atoms with Gasteiger partial charge in [-0.3, -0.25) is 4.79 Å². The van der Waals surface area contributed by atoms with Gasteiger partial charge in [0, 0.05) is 19.2 Å². The lowest BCUT2D eigenvalue weighted by Gasteiger charge is -2.24. The first-order valence-corrected chi connectivity index (χ1v) is 6.66. The Kier molecular flexibility index (Phi) is 5.92. The van der Waals surface area contributed by atoms with Gasteiger partial charge in [0.2, 0.25) is 5.91 Å². The van der Waals surface area contributed by atoms with Crippen molar-refractivity contribution in [2.24, 2.45) is 5.92 Å². The van der Waals surface area contributed by atoms with Crippen molar-refractivity contribution in [1.29, 1.82) is 0 Å². The van der Waals surface area contributed by atoms with Crippen molar-refractivity contribution >= 4 is 5.91 Å². The van der Waals surface area contributed by atoms with E-state index in [1.807, 2.05) is 6.92 Å². The van der Waals surface area contributed by atoms with Gasteiger partial charge in [-0.2, -0.15) is 0 Å². The molecule has 0 spiro atoms. The fourth-order valence-corrected chi connectivity index (χ4v) is 2.03. The average molecular weight is 242 g/mol. The van der Waals surface area contributed by atoms with Gasteiger partial charge in [0.1, 0.15) is 0 Å². The molecule has 17 heavy (non-hydrogen) atoms. The van der Waals surface area contributed by atoms with Crippen molar-refractivity contribution in [3.63, 3.8) is 0 Å². The zero-order valence-electron chi connectivity index (χ0n) is 11.5. The summed E-state index contributed by atoms with van der Waals surface area (Å²) in [5.74, 6) is 0.560. The van der Waals surface area contributed by atoms with Crippen molar-refractivity contribution in [1.82, 2.24) is 10.6 Å². The van der Waals surface area contributed by atoms with Crippen molar-refractivity contribution in [2.45, 2.75) is 58.7 Å². The first-order valence-electron chi connectivity index (χ1n) is 6.66. The molecule has 1 aliphatic heterocycles. The molecule has 100 valence electrons. The van der Waals surface area contributed by atoms with Crippen LogP contribution in [-0.4, -0.2) is 37.2 Å². The van der Waals surface area contributed by atoms with Crippen molar-refractivity contribution in [2.75, 3.05) is 13.2 Å². The number of rotatable bonds is 6. The van der Waals surface area contributed by atoms with Crippen molar-refractivity contribution in [3.05, 3.63) is 0 Å². The molecule has 0 aromatic rings. The molecule has 1 saturated heterocycles. The lowest BCUT2D eigenvalue weighted by Crippen LogP contribution is -2.49. The molecule has 0 saturated carbocycles. The molecular formula is C13H26N2O2. The van der Waals surface area contributed by atoms with Crippen LogP contribution >= 0.6 is 0 Å². The van der Waals surface area contributed by atoms with Crippen LogP contribution in [0.25, 0.3) is 0 Å². The van der Waals surface area contributed by atoms with Gasteiger partial charge in [-0.15, -0.1) is 0 Å². The van der Waals surface area contributed by atoms with Gasteiger partial charge in [-0.05, 0) is 32.6 Å². The summed E-state index contributed by atoms with van der Waals surface area (Å²) in [4.78, 5) is 11.8. The molecule has 1 rings (SSSR count). The molecule has 0 aromatic heterocycles. The van der Waals surface area contributed by atoms with Gasteiger partial charge in [0.05, 0.1) is 12.1 Å². The lowest BCUT2D eigenvalue weighted by atomic mass is 10.1. The van der Waals surface area contributed by atoms with Gasteiger partial charge < -0.3 is 15.4 Å². The van der Waals surface area contributed by atoms with Crippen LogP contribution in [0.5, 0.6) is 0 Å². The predicted octanol–water partition coefficient (Wildman–Crippen LogP) is 1.30. The molecular weight excluding hydrogens is 216 g/mol. The van der Waals surface area contributed by atoms with Crippen LogP contribution in [0.15, 0.2) is 0 Å². The minimum absolute atomic E-state index is 0.0727. The Morgan fingerprint density at radius 1 is 1.35 bits per heavy atom. The number of hydrogen-bond acceptors (Lipinski definition) is 3. The summed E-state index contributed by atoms with van der Waals surface area (Å²) in [7, 11) is 0. The molecule has 2 N–H and O–H groups in total. The third-order valence-corrected chi connectivity index (χ3v) is 3.11. The highest BCUT2D eigenvalue weighted by Gasteiger charge is 2.25. The van der Waals surface area contributed by atoms with Crippen LogP contribution in [0.2, 0.25) is 0 Å². The number of carbonyl (C=O) groups excluding carboxylic acids is 1. The smallest absolute Gasteiger partial charge is 0.236 e. The van der Waals surface area contributed by atoms with Gasteiger partial charge in [0.25, 0.3) is 0 Å². The molecule has 0 radical (unpaired) electrons. The van der Waals surface area contributed by atoms with Crippen molar-refractivity contribution in [3.8, 4) is 0 Å². The molecule has 0 bridgehead atoms. The van der Waals surface area contributed by atoms with E-state index in [1.54, 1.807) is 0 Å². The summed E-state index contributed by atoms with van der Waals surface area (Å²) in [5, 5.41) is 6.24. The second-order valence-electron chi connectivity index (χ2n) is 5.37. The largest absolute Gasteiger partial charge is 0.377 e. The molecule has 4 heteroatoms. The highest BCUT2D eigenvalue weighted by atomic mass is 16.5. The third kappa shape index (κ3) is 5.04. The normalized spacial score (nSPS) is 23.7. The summed E-state index contributed by atoms with van der Waals surface area (Å²) in [6.45, 7) is 9.76. The SMILES string of the molecule is CC(C)CNC(=O)C(C)NC(C)C1CCCO1. The highest BCUT2D eigenvalue weighted by Crippen LogP contribution is 2.15. The number of ether oxygens (including phenoxy) is 1. The van der Waals surface area contributed by atoms with Crippen LogP contribution in [0, 0.1) is 5.92 Å². The summed E-state index contributed by atoms with van der Waals surface area (Å²) in [6.07, 6.45) is 2.48. The van der Waals surface area contributed by atoms with E-state index < -0.39 is 0 Å². The van der Waals surface area contributed by atoms with E-state index in [0.717, 1.165) is 26.0 Å². The topological polar surface area (TPSA) is 50.4 Å². The Bertz CT molecular complexity index is 238. The Hall–Kier alpha value is -0.610. The predicted molar refractivity (Wildman–Crippen MR) is 68.9 cm³/mol. The first kappa shape index (κ1) is 14.5. The van der Waals surface area contributed by atoms with Gasteiger partial charge in [0.15, 0.2) is 0 Å². The van der Waals surface area contributed by atoms with E-state index in [4.69, 9.17) is 4.74 Å². The Morgan fingerprint density at radius 2 is 2.06 bits per heavy atom. The van der Waals surface area contributed by atoms with Crippen molar-refractivity contribution < 1.29 is 9.53 Å². The molecule has 1 heterocycles. The molecule has 0 aliphatic carbocycles. The zero-order valence-corrected chi connectivity index (χ0v) is 11.5. The number of hydrogen-bond donors (Lipinski definition) is 2. The van der Waals surface area contributed by atoms with Crippen LogP contribution < -0.4 is 10.6 Å². The fourth-order valence-electron chi connectivity index (χ4n) is 2.03. The second-order valence-corrected chi connectivity index (χ2v) is 5.37. The summed E-state index contributed by atoms with van der Waals surface area (Å²) < 4.78 is 5.60. The van der Waals surface area contributed by atoms with Crippen LogP contribution in [0.4, 0.5) is 0 Å². The fraction of sp³-hybridized carbons (Fsp3) is 0.923. The minimum atomic E-state index is -0.159. The minimum Gasteiger partial charge on any atom is -0.377 e. The van der Waals surface area contributed by atoms with Crippen LogP contribution in [-0.2, 0) is 9.53 Å². The monoisotopic (exact) mass is 242 g/mol. The number of amides is 1. The van der Waals surface area contributed by atoms with Gasteiger partial charge >= 0.3 is 0 Å². The molecule has 0 aromatic carbocycles. The van der Waals surface area contributed by atoms with Crippen LogP contribution in [0.1, 0.15) is 40.5 Å². The van der Waals surface area contributed by atoms with E-state index >= 15 is 0 Å². The van der Waals surface area contributed by atoms with Gasteiger partial charge in [-0.25, -0.2) is 0 Å². The summed E-state index contributed by atoms with van der Waals surface area (Å²) >= 11 is 0. The van der Waals surface area contributed by atoms with E-state index in [1.165, 1.54) is 0 Å². The Balaban J connectivity index is 2.26. The van der Waals surface area contributed by atoms with Crippen LogP contribution in [0.3, 0.4) is 0 Å². The first-order chi connectivity index (χ1) is 8.00. The maximum absolute atomic E-state index is 11.8. The quantitative estimate of drug-likeness (QED) is 0.738. The molecule has 1 fully saturated rings. The van der Waals surface area contributed by atoms with E-state index in [9.17, 15) is 4.79 Å². The Labute approximate surface area is 104 Å². The maximum atomic E-state index is 11.8. The molecule has 1 aliphatic rings. The molecule has 3 unspecified atom stereocenters. The molecule has 4 nitrogen and oxygen atoms in total. The highest BCUT2D eigenvalue weighted by molar-refractivity contribution is 5.81. The number of carbonyl (C=O) groups is 1. The number of nitrogens with one attached hydrogen (secondary N) is 2. The lowest BCUT2D eigenvalue weighted by molar-refractivity contribution is -0.123. The van der Waals surface area contributed by atoms with Gasteiger partial charge in [-0.1, -0.05) is 13.8 Å². The van der Waals surface area contributed by atoms with E-state index in [2.05, 4.69) is 31.4 Å². The molecule has 3 atom stereocenters. The molecule has 1 amide bonds. The standard InChI is InChI=1S/C13H26N2O2/c1-9(2)8-14-13(16)11(4)15-10(3)12-6-5-7-17-12/h9-12,15H,5-8H2,1-4H3,(H,14,16). The zero-order chi connectivity index (χ0) is 12.8. The second kappa shape index (κ2) is 6.97.